The molecular formula is C63H41N7O+2. The second kappa shape index (κ2) is 17.6. The Morgan fingerprint density at radius 3 is 1.70 bits per heavy atom. The van der Waals surface area contributed by atoms with Gasteiger partial charge in [0.1, 0.15) is 17.3 Å². The molecule has 1 aliphatic heterocycles. The number of para-hydroxylation sites is 4. The van der Waals surface area contributed by atoms with Gasteiger partial charge in [-0.25, -0.2) is 19.9 Å². The molecule has 0 amide bonds. The Morgan fingerprint density at radius 1 is 0.451 bits per heavy atom. The number of fused-ring (bicyclic) bond motifs is 4. The van der Waals surface area contributed by atoms with Gasteiger partial charge in [-0.15, -0.1) is 0 Å². The van der Waals surface area contributed by atoms with Crippen LogP contribution < -0.4 is 13.9 Å². The molecule has 3 aromatic heterocycles. The van der Waals surface area contributed by atoms with E-state index in [0.717, 1.165) is 32.9 Å². The number of aromatic nitrogens is 5. The smallest absolute Gasteiger partial charge is 0.456 e. The molecule has 0 atom stereocenters. The molecule has 0 N–H and O–H groups in total. The van der Waals surface area contributed by atoms with Crippen LogP contribution in [0.5, 0.6) is 11.5 Å². The summed E-state index contributed by atoms with van der Waals surface area (Å²) < 4.78 is 101. The summed E-state index contributed by atoms with van der Waals surface area (Å²) in [5, 5.41) is 1.87. The minimum absolute atomic E-state index is 0.132. The highest BCUT2D eigenvalue weighted by Gasteiger charge is 2.39. The Bertz CT molecular complexity index is 4460. The molecule has 13 rings (SSSR count). The van der Waals surface area contributed by atoms with Gasteiger partial charge >= 0.3 is 6.01 Å². The van der Waals surface area contributed by atoms with Crippen molar-refractivity contribution in [3.63, 3.8) is 0 Å². The van der Waals surface area contributed by atoms with Gasteiger partial charge in [-0.1, -0.05) is 170 Å². The zero-order valence-electron chi connectivity index (χ0n) is 47.4. The van der Waals surface area contributed by atoms with Crippen molar-refractivity contribution in [2.75, 3.05) is 0 Å². The molecule has 0 saturated carbocycles. The molecule has 0 spiro atoms. The standard InChI is InChI=1S/C63H41N7O/c1-5-21-43(22-6-1)49-32-20-33-50(44-23-7-2-8-24-44)60(49)69-42-68(55-35-15-16-36-56(55)69)47-29-19-30-48(39-47)71-58-41-57-52(51-31-13-14-34-54(51)70(57)59-37-17-18-38-64-59)40-53(58)63-66-61(45-25-9-3-10-26-45)65-62(67-63)46-27-11-4-12-28-46/h1-41H/q+2/i1D,2D,5D,6D,7D,8D,21D,22D,23D,24D. The van der Waals surface area contributed by atoms with Crippen LogP contribution in [-0.2, 0) is 0 Å². The van der Waals surface area contributed by atoms with Gasteiger partial charge in [-0.05, 0) is 62.7 Å². The molecule has 0 bridgehead atoms. The van der Waals surface area contributed by atoms with E-state index in [4.69, 9.17) is 38.4 Å². The highest BCUT2D eigenvalue weighted by atomic mass is 16.5. The topological polar surface area (TPSA) is 71.7 Å². The maximum atomic E-state index is 9.12. The van der Waals surface area contributed by atoms with Gasteiger partial charge in [0.2, 0.25) is 11.4 Å². The predicted octanol–water partition coefficient (Wildman–Crippen LogP) is 15.3. The number of benzene rings is 9. The first kappa shape index (κ1) is 32.0. The lowest BCUT2D eigenvalue weighted by atomic mass is 9.95. The van der Waals surface area contributed by atoms with Gasteiger partial charge in [-0.2, -0.15) is 0 Å². The average molecular weight is 922 g/mol. The fourth-order valence-electron chi connectivity index (χ4n) is 9.10. The molecule has 0 radical (unpaired) electrons. The monoisotopic (exact) mass is 921 g/mol. The van der Waals surface area contributed by atoms with Crippen molar-refractivity contribution in [3.8, 4) is 73.7 Å². The lowest BCUT2D eigenvalue weighted by Gasteiger charge is -2.14. The number of hydrogen-bond donors (Lipinski definition) is 0. The van der Waals surface area contributed by atoms with Crippen molar-refractivity contribution >= 4 is 50.6 Å². The molecular weight excluding hydrogens is 871 g/mol. The molecule has 0 fully saturated rings. The predicted molar refractivity (Wildman–Crippen MR) is 286 cm³/mol. The van der Waals surface area contributed by atoms with Gasteiger partial charge < -0.3 is 4.74 Å². The SMILES string of the molecule is [2H]c1c([2H])c([2H])c(-c2cccc(-c3c([2H])c([2H])c([2H])c([2H])c3[2H])c2[N+]2=C=[N+](c3cccc(Oc4cc5c(cc4-c4nc(-c6ccccc6)nc(-c6ccccc6)n4)c4ccccc4n5-c4ccccn4)c3)c3ccccc32)c([2H])c1[2H]. The van der Waals surface area contributed by atoms with E-state index in [0.29, 0.717) is 57.4 Å². The van der Waals surface area contributed by atoms with Gasteiger partial charge in [-0.3, -0.25) is 4.57 Å². The van der Waals surface area contributed by atoms with E-state index < -0.39 is 60.4 Å². The van der Waals surface area contributed by atoms with Crippen LogP contribution in [0.15, 0.2) is 249 Å². The Balaban J connectivity index is 1.04. The number of nitrogens with zero attached hydrogens (tertiary/aromatic N) is 7. The molecule has 9 aromatic carbocycles. The molecule has 71 heavy (non-hydrogen) atoms. The van der Waals surface area contributed by atoms with Crippen LogP contribution in [0.3, 0.4) is 0 Å². The molecule has 0 unspecified atom stereocenters. The third-order valence-corrected chi connectivity index (χ3v) is 12.3. The Labute approximate surface area is 423 Å². The first-order valence-electron chi connectivity index (χ1n) is 27.7. The van der Waals surface area contributed by atoms with E-state index >= 15 is 0 Å². The third kappa shape index (κ3) is 7.54. The normalized spacial score (nSPS) is 13.9. The van der Waals surface area contributed by atoms with E-state index in [1.807, 2.05) is 152 Å². The van der Waals surface area contributed by atoms with E-state index in [1.54, 1.807) is 33.5 Å². The van der Waals surface area contributed by atoms with E-state index in [-0.39, 0.29) is 27.9 Å². The summed E-state index contributed by atoms with van der Waals surface area (Å²) in [5.74, 6) is 2.82. The van der Waals surface area contributed by atoms with Crippen LogP contribution in [0.2, 0.25) is 0 Å². The molecule has 4 heterocycles. The maximum Gasteiger partial charge on any atom is 0.503 e. The van der Waals surface area contributed by atoms with Crippen LogP contribution >= 0.6 is 0 Å². The molecule has 1 aliphatic rings. The van der Waals surface area contributed by atoms with Crippen molar-refractivity contribution in [1.82, 2.24) is 33.7 Å². The van der Waals surface area contributed by atoms with Crippen molar-refractivity contribution in [2.24, 2.45) is 0 Å². The minimum atomic E-state index is -0.584. The quantitative estimate of drug-likeness (QED) is 0.128. The lowest BCUT2D eigenvalue weighted by molar-refractivity contribution is 0.484. The first-order valence-corrected chi connectivity index (χ1v) is 22.7. The van der Waals surface area contributed by atoms with E-state index in [2.05, 4.69) is 22.7 Å². The number of rotatable bonds is 10. The summed E-state index contributed by atoms with van der Waals surface area (Å²) in [5.41, 5.74) is 5.70. The van der Waals surface area contributed by atoms with Crippen LogP contribution in [-0.4, -0.2) is 30.5 Å². The molecule has 332 valence electrons. The summed E-state index contributed by atoms with van der Waals surface area (Å²) in [4.78, 5) is 20.1. The van der Waals surface area contributed by atoms with E-state index in [9.17, 15) is 0 Å². The number of ether oxygens (including phenoxy) is 1. The van der Waals surface area contributed by atoms with Gasteiger partial charge in [0.25, 0.3) is 11.4 Å². The number of hydrogen-bond acceptors (Lipinski definition) is 5. The highest BCUT2D eigenvalue weighted by Crippen LogP contribution is 2.46. The molecule has 8 nitrogen and oxygen atoms in total. The van der Waals surface area contributed by atoms with Crippen LogP contribution in [0.4, 0.5) is 22.7 Å². The van der Waals surface area contributed by atoms with Gasteiger partial charge in [0.05, 0.1) is 47.5 Å². The van der Waals surface area contributed by atoms with Crippen molar-refractivity contribution in [1.29, 1.82) is 0 Å². The fourth-order valence-corrected chi connectivity index (χ4v) is 9.10. The second-order valence-corrected chi connectivity index (χ2v) is 16.5. The second-order valence-electron chi connectivity index (χ2n) is 16.5. The average Bonchev–Trinajstić information content (AvgIpc) is 4.22. The molecule has 8 heteroatoms. The Kier molecular flexibility index (Phi) is 7.95. The first-order chi connectivity index (χ1) is 39.4. The van der Waals surface area contributed by atoms with Crippen LogP contribution in [0.25, 0.3) is 84.0 Å². The summed E-state index contributed by atoms with van der Waals surface area (Å²) in [6.07, 6.45) is 1.75. The van der Waals surface area contributed by atoms with Gasteiger partial charge in [0.15, 0.2) is 17.5 Å². The summed E-state index contributed by atoms with van der Waals surface area (Å²) >= 11 is 0. The largest absolute Gasteiger partial charge is 0.503 e. The van der Waals surface area contributed by atoms with Crippen molar-refractivity contribution in [2.45, 2.75) is 0 Å². The molecule has 0 saturated heterocycles. The maximum absolute atomic E-state index is 9.12. The van der Waals surface area contributed by atoms with Crippen molar-refractivity contribution in [3.05, 3.63) is 249 Å². The third-order valence-electron chi connectivity index (χ3n) is 12.3. The van der Waals surface area contributed by atoms with Crippen LogP contribution in [0.1, 0.15) is 13.7 Å². The summed E-state index contributed by atoms with van der Waals surface area (Å²) in [6.45, 7) is 0. The van der Waals surface area contributed by atoms with Gasteiger partial charge in [0, 0.05) is 52.4 Å². The molecule has 0 aliphatic carbocycles. The molecule has 12 aromatic rings. The Hall–Kier alpha value is -9.88. The van der Waals surface area contributed by atoms with Crippen molar-refractivity contribution < 1.29 is 18.4 Å². The number of pyridine rings is 1. The van der Waals surface area contributed by atoms with Crippen LogP contribution in [0, 0.1) is 0 Å². The summed E-state index contributed by atoms with van der Waals surface area (Å²) in [7, 11) is 0. The zero-order valence-corrected chi connectivity index (χ0v) is 37.4. The fraction of sp³-hybridized carbons (Fsp3) is 0. The Morgan fingerprint density at radius 2 is 1.04 bits per heavy atom. The lowest BCUT2D eigenvalue weighted by Crippen LogP contribution is -2.04. The summed E-state index contributed by atoms with van der Waals surface area (Å²) in [6, 6.07) is 54.9. The minimum Gasteiger partial charge on any atom is -0.456 e. The van der Waals surface area contributed by atoms with E-state index in [1.165, 1.54) is 0 Å². The highest BCUT2D eigenvalue weighted by molar-refractivity contribution is 6.11. The zero-order chi connectivity index (χ0) is 55.8.